The Morgan fingerprint density at radius 3 is 2.45 bits per heavy atom. The summed E-state index contributed by atoms with van der Waals surface area (Å²) in [6, 6.07) is -0.0728. The molecule has 1 aliphatic rings. The number of likely N-dealkylation sites (N-methyl/N-ethyl adjacent to an activating group) is 1. The summed E-state index contributed by atoms with van der Waals surface area (Å²) in [5.41, 5.74) is 0.458. The predicted molar refractivity (Wildman–Crippen MR) is 82.4 cm³/mol. The van der Waals surface area contributed by atoms with Gasteiger partial charge in [-0.05, 0) is 20.8 Å². The van der Waals surface area contributed by atoms with Crippen molar-refractivity contribution < 1.29 is 9.59 Å². The Hall–Kier alpha value is -2.02. The number of amides is 2. The second-order valence-corrected chi connectivity index (χ2v) is 5.73. The van der Waals surface area contributed by atoms with Crippen LogP contribution in [0.4, 0.5) is 0 Å². The van der Waals surface area contributed by atoms with E-state index < -0.39 is 0 Å². The van der Waals surface area contributed by atoms with Crippen LogP contribution < -0.4 is 5.32 Å². The summed E-state index contributed by atoms with van der Waals surface area (Å²) in [7, 11) is 1.62. The van der Waals surface area contributed by atoms with E-state index in [4.69, 9.17) is 0 Å². The maximum atomic E-state index is 12.5. The number of nitrogens with zero attached hydrogens (tertiary/aromatic N) is 4. The number of hydrogen-bond acceptors (Lipinski definition) is 5. The van der Waals surface area contributed by atoms with Gasteiger partial charge < -0.3 is 10.2 Å². The van der Waals surface area contributed by atoms with Gasteiger partial charge in [-0.2, -0.15) is 0 Å². The number of nitrogens with one attached hydrogen (secondary N) is 1. The van der Waals surface area contributed by atoms with Crippen molar-refractivity contribution >= 4 is 11.8 Å². The monoisotopic (exact) mass is 305 g/mol. The van der Waals surface area contributed by atoms with Crippen LogP contribution in [0.2, 0.25) is 0 Å². The molecule has 2 heterocycles. The fourth-order valence-corrected chi connectivity index (χ4v) is 2.69. The van der Waals surface area contributed by atoms with Gasteiger partial charge in [0, 0.05) is 45.1 Å². The van der Waals surface area contributed by atoms with Gasteiger partial charge in [0.2, 0.25) is 5.91 Å². The maximum absolute atomic E-state index is 12.5. The molecule has 1 unspecified atom stereocenters. The molecule has 0 spiro atoms. The molecule has 1 N–H and O–H groups in total. The van der Waals surface area contributed by atoms with Crippen LogP contribution in [0.1, 0.15) is 30.0 Å². The first-order valence-electron chi connectivity index (χ1n) is 7.49. The molecular weight excluding hydrogens is 282 g/mol. The van der Waals surface area contributed by atoms with Gasteiger partial charge in [-0.1, -0.05) is 0 Å². The number of hydrogen-bond donors (Lipinski definition) is 1. The minimum Gasteiger partial charge on any atom is -0.358 e. The number of carbonyl (C=O) groups is 2. The largest absolute Gasteiger partial charge is 0.358 e. The fourth-order valence-electron chi connectivity index (χ4n) is 2.69. The predicted octanol–water partition coefficient (Wildman–Crippen LogP) is 0.0658. The highest BCUT2D eigenvalue weighted by molar-refractivity contribution is 5.94. The summed E-state index contributed by atoms with van der Waals surface area (Å²) in [5, 5.41) is 2.68. The van der Waals surface area contributed by atoms with Gasteiger partial charge in [0.1, 0.15) is 11.9 Å². The van der Waals surface area contributed by atoms with Crippen molar-refractivity contribution in [1.29, 1.82) is 0 Å². The zero-order chi connectivity index (χ0) is 16.3. The molecule has 2 rings (SSSR count). The lowest BCUT2D eigenvalue weighted by atomic mass is 10.1. The molecule has 0 aromatic carbocycles. The van der Waals surface area contributed by atoms with Crippen molar-refractivity contribution in [3.63, 3.8) is 0 Å². The molecule has 0 aliphatic carbocycles. The lowest BCUT2D eigenvalue weighted by molar-refractivity contribution is -0.128. The van der Waals surface area contributed by atoms with Gasteiger partial charge in [-0.15, -0.1) is 0 Å². The minimum absolute atomic E-state index is 0.0636. The van der Waals surface area contributed by atoms with Gasteiger partial charge in [0.15, 0.2) is 0 Å². The van der Waals surface area contributed by atoms with E-state index in [1.165, 1.54) is 12.4 Å². The lowest BCUT2D eigenvalue weighted by Gasteiger charge is -2.42. The van der Waals surface area contributed by atoms with Crippen LogP contribution in [0, 0.1) is 6.92 Å². The van der Waals surface area contributed by atoms with E-state index in [2.05, 4.69) is 34.0 Å². The minimum atomic E-state index is -0.325. The highest BCUT2D eigenvalue weighted by Gasteiger charge is 2.35. The van der Waals surface area contributed by atoms with E-state index in [1.54, 1.807) is 18.9 Å². The summed E-state index contributed by atoms with van der Waals surface area (Å²) in [5.74, 6) is 0.438. The smallest absolute Gasteiger partial charge is 0.257 e. The van der Waals surface area contributed by atoms with Gasteiger partial charge in [-0.3, -0.25) is 14.5 Å². The normalized spacial score (nSPS) is 19.3. The molecule has 1 aromatic heterocycles. The van der Waals surface area contributed by atoms with Crippen LogP contribution in [0.25, 0.3) is 0 Å². The van der Waals surface area contributed by atoms with Crippen molar-refractivity contribution in [3.05, 3.63) is 23.8 Å². The topological polar surface area (TPSA) is 78.4 Å². The average molecular weight is 305 g/mol. The Bertz CT molecular complexity index is 543. The van der Waals surface area contributed by atoms with Gasteiger partial charge >= 0.3 is 0 Å². The standard InChI is InChI=1S/C15H23N5O2/c1-10(2)20-6-5-19(9-13(20)14(21)16-4)15(22)12-7-17-11(3)18-8-12/h7-8,10,13H,5-6,9H2,1-4H3,(H,16,21). The fraction of sp³-hybridized carbons (Fsp3) is 0.600. The van der Waals surface area contributed by atoms with E-state index in [-0.39, 0.29) is 23.9 Å². The zero-order valence-electron chi connectivity index (χ0n) is 13.5. The van der Waals surface area contributed by atoms with Gasteiger partial charge in [-0.25, -0.2) is 9.97 Å². The summed E-state index contributed by atoms with van der Waals surface area (Å²) < 4.78 is 0. The third-order valence-electron chi connectivity index (χ3n) is 3.95. The van der Waals surface area contributed by atoms with E-state index in [9.17, 15) is 9.59 Å². The van der Waals surface area contributed by atoms with E-state index >= 15 is 0 Å². The molecule has 1 atom stereocenters. The highest BCUT2D eigenvalue weighted by atomic mass is 16.2. The molecule has 22 heavy (non-hydrogen) atoms. The molecule has 2 amide bonds. The van der Waals surface area contributed by atoms with Gasteiger partial charge in [0.05, 0.1) is 5.56 Å². The molecule has 1 aromatic rings. The third-order valence-corrected chi connectivity index (χ3v) is 3.95. The molecule has 1 saturated heterocycles. The Morgan fingerprint density at radius 2 is 1.91 bits per heavy atom. The molecule has 0 bridgehead atoms. The summed E-state index contributed by atoms with van der Waals surface area (Å²) in [6.45, 7) is 7.54. The van der Waals surface area contributed by atoms with Crippen molar-refractivity contribution in [3.8, 4) is 0 Å². The van der Waals surface area contributed by atoms with Crippen molar-refractivity contribution in [2.45, 2.75) is 32.9 Å². The molecule has 0 radical (unpaired) electrons. The first kappa shape index (κ1) is 16.4. The van der Waals surface area contributed by atoms with Crippen LogP contribution in [0.15, 0.2) is 12.4 Å². The van der Waals surface area contributed by atoms with E-state index in [1.807, 2.05) is 0 Å². The summed E-state index contributed by atoms with van der Waals surface area (Å²) in [4.78, 5) is 36.6. The summed E-state index contributed by atoms with van der Waals surface area (Å²) >= 11 is 0. The second-order valence-electron chi connectivity index (χ2n) is 5.73. The number of rotatable bonds is 3. The molecule has 120 valence electrons. The van der Waals surface area contributed by atoms with Crippen LogP contribution >= 0.6 is 0 Å². The highest BCUT2D eigenvalue weighted by Crippen LogP contribution is 2.15. The number of aryl methyl sites for hydroxylation is 1. The van der Waals surface area contributed by atoms with Gasteiger partial charge in [0.25, 0.3) is 5.91 Å². The SMILES string of the molecule is CNC(=O)C1CN(C(=O)c2cnc(C)nc2)CCN1C(C)C. The van der Waals surface area contributed by atoms with Crippen LogP contribution in [-0.2, 0) is 4.79 Å². The first-order valence-corrected chi connectivity index (χ1v) is 7.49. The third kappa shape index (κ3) is 3.41. The molecule has 7 nitrogen and oxygen atoms in total. The molecule has 1 aliphatic heterocycles. The number of carbonyl (C=O) groups excluding carboxylic acids is 2. The van der Waals surface area contributed by atoms with Crippen LogP contribution in [0.5, 0.6) is 0 Å². The van der Waals surface area contributed by atoms with Crippen LogP contribution in [-0.4, -0.2) is 70.3 Å². The van der Waals surface area contributed by atoms with Crippen molar-refractivity contribution in [2.24, 2.45) is 0 Å². The Morgan fingerprint density at radius 1 is 1.27 bits per heavy atom. The molecule has 7 heteroatoms. The number of piperazine rings is 1. The summed E-state index contributed by atoms with van der Waals surface area (Å²) in [6.07, 6.45) is 3.07. The second kappa shape index (κ2) is 6.83. The molecule has 1 fully saturated rings. The molecule has 0 saturated carbocycles. The Labute approximate surface area is 130 Å². The Kier molecular flexibility index (Phi) is 5.07. The van der Waals surface area contributed by atoms with Crippen LogP contribution in [0.3, 0.4) is 0 Å². The molecular formula is C15H23N5O2. The zero-order valence-corrected chi connectivity index (χ0v) is 13.5. The van der Waals surface area contributed by atoms with E-state index in [0.29, 0.717) is 31.0 Å². The quantitative estimate of drug-likeness (QED) is 0.855. The van der Waals surface area contributed by atoms with E-state index in [0.717, 1.165) is 0 Å². The Balaban J connectivity index is 2.15. The number of aromatic nitrogens is 2. The maximum Gasteiger partial charge on any atom is 0.257 e. The van der Waals surface area contributed by atoms with Crippen molar-refractivity contribution in [2.75, 3.05) is 26.7 Å². The lowest BCUT2D eigenvalue weighted by Crippen LogP contribution is -2.61. The average Bonchev–Trinajstić information content (AvgIpc) is 2.53. The first-order chi connectivity index (χ1) is 10.4. The van der Waals surface area contributed by atoms with Crippen molar-refractivity contribution in [1.82, 2.24) is 25.1 Å².